The SMILES string of the molecule is O=C(NCc1ccccc1)C1CC(=O)N(c2ccc(Cl)cc2C(F)(F)F)C1. The van der Waals surface area contributed by atoms with Crippen molar-refractivity contribution in [2.45, 2.75) is 19.1 Å². The first-order valence-corrected chi connectivity index (χ1v) is 8.62. The highest BCUT2D eigenvalue weighted by Crippen LogP contribution is 2.40. The van der Waals surface area contributed by atoms with Crippen LogP contribution in [0.5, 0.6) is 0 Å². The predicted molar refractivity (Wildman–Crippen MR) is 95.2 cm³/mol. The molecule has 0 radical (unpaired) electrons. The number of carbonyl (C=O) groups is 2. The fourth-order valence-electron chi connectivity index (χ4n) is 3.02. The Morgan fingerprint density at radius 3 is 2.56 bits per heavy atom. The summed E-state index contributed by atoms with van der Waals surface area (Å²) in [6, 6.07) is 12.4. The molecule has 0 spiro atoms. The lowest BCUT2D eigenvalue weighted by Crippen LogP contribution is -2.33. The summed E-state index contributed by atoms with van der Waals surface area (Å²) in [4.78, 5) is 25.6. The molecule has 1 unspecified atom stereocenters. The molecule has 1 atom stereocenters. The molecule has 142 valence electrons. The molecule has 0 saturated carbocycles. The molecule has 2 amide bonds. The molecule has 8 heteroatoms. The Kier molecular flexibility index (Phi) is 5.41. The van der Waals surface area contributed by atoms with Gasteiger partial charge in [-0.2, -0.15) is 13.2 Å². The van der Waals surface area contributed by atoms with Crippen molar-refractivity contribution in [3.05, 3.63) is 64.7 Å². The summed E-state index contributed by atoms with van der Waals surface area (Å²) in [6.07, 6.45) is -4.80. The number of anilines is 1. The van der Waals surface area contributed by atoms with E-state index in [0.717, 1.165) is 22.6 Å². The van der Waals surface area contributed by atoms with E-state index in [2.05, 4.69) is 5.32 Å². The molecule has 3 rings (SSSR count). The lowest BCUT2D eigenvalue weighted by Gasteiger charge is -2.22. The topological polar surface area (TPSA) is 49.4 Å². The van der Waals surface area contributed by atoms with E-state index in [-0.39, 0.29) is 29.6 Å². The summed E-state index contributed by atoms with van der Waals surface area (Å²) in [5.74, 6) is -1.60. The van der Waals surface area contributed by atoms with Gasteiger partial charge in [0, 0.05) is 24.5 Å². The van der Waals surface area contributed by atoms with Gasteiger partial charge in [0.15, 0.2) is 0 Å². The quantitative estimate of drug-likeness (QED) is 0.848. The molecule has 1 heterocycles. The molecule has 0 aromatic heterocycles. The average Bonchev–Trinajstić information content (AvgIpc) is 3.01. The molecule has 27 heavy (non-hydrogen) atoms. The first-order chi connectivity index (χ1) is 12.8. The summed E-state index contributed by atoms with van der Waals surface area (Å²) in [5.41, 5.74) is -0.381. The van der Waals surface area contributed by atoms with Gasteiger partial charge in [0.1, 0.15) is 0 Å². The molecule has 2 aromatic rings. The third-order valence-corrected chi connectivity index (χ3v) is 4.60. The first-order valence-electron chi connectivity index (χ1n) is 8.24. The van der Waals surface area contributed by atoms with Crippen LogP contribution in [0, 0.1) is 5.92 Å². The Hall–Kier alpha value is -2.54. The Morgan fingerprint density at radius 2 is 1.89 bits per heavy atom. The molecule has 1 aliphatic heterocycles. The predicted octanol–water partition coefficient (Wildman–Crippen LogP) is 4.03. The zero-order valence-corrected chi connectivity index (χ0v) is 14.8. The number of alkyl halides is 3. The molecular formula is C19H16ClF3N2O2. The fourth-order valence-corrected chi connectivity index (χ4v) is 3.19. The van der Waals surface area contributed by atoms with Crippen LogP contribution in [0.3, 0.4) is 0 Å². The minimum atomic E-state index is -4.66. The third-order valence-electron chi connectivity index (χ3n) is 4.36. The zero-order chi connectivity index (χ0) is 19.6. The van der Waals surface area contributed by atoms with Crippen molar-refractivity contribution < 1.29 is 22.8 Å². The average molecular weight is 397 g/mol. The van der Waals surface area contributed by atoms with Crippen LogP contribution in [0.1, 0.15) is 17.5 Å². The van der Waals surface area contributed by atoms with Gasteiger partial charge in [0.2, 0.25) is 11.8 Å². The standard InChI is InChI=1S/C19H16ClF3N2O2/c20-14-6-7-16(15(9-14)19(21,22)23)25-11-13(8-17(25)26)18(27)24-10-12-4-2-1-3-5-12/h1-7,9,13H,8,10-11H2,(H,24,27). The molecule has 1 fully saturated rings. The van der Waals surface area contributed by atoms with Crippen molar-refractivity contribution in [3.8, 4) is 0 Å². The van der Waals surface area contributed by atoms with Gasteiger partial charge in [0.25, 0.3) is 0 Å². The van der Waals surface area contributed by atoms with Crippen molar-refractivity contribution in [2.24, 2.45) is 5.92 Å². The summed E-state index contributed by atoms with van der Waals surface area (Å²) >= 11 is 5.68. The van der Waals surface area contributed by atoms with Crippen LogP contribution in [0.2, 0.25) is 5.02 Å². The summed E-state index contributed by atoms with van der Waals surface area (Å²) in [5, 5.41) is 2.65. The molecule has 0 aliphatic carbocycles. The number of benzene rings is 2. The van der Waals surface area contributed by atoms with Crippen molar-refractivity contribution in [1.29, 1.82) is 0 Å². The maximum Gasteiger partial charge on any atom is 0.418 e. The maximum atomic E-state index is 13.3. The van der Waals surface area contributed by atoms with Crippen LogP contribution in [-0.4, -0.2) is 18.4 Å². The Morgan fingerprint density at radius 1 is 1.19 bits per heavy atom. The van der Waals surface area contributed by atoms with E-state index in [1.807, 2.05) is 30.3 Å². The number of amides is 2. The minimum Gasteiger partial charge on any atom is -0.352 e. The van der Waals surface area contributed by atoms with E-state index in [1.54, 1.807) is 0 Å². The second-order valence-corrected chi connectivity index (χ2v) is 6.70. The molecular weight excluding hydrogens is 381 g/mol. The number of carbonyl (C=O) groups excluding carboxylic acids is 2. The maximum absolute atomic E-state index is 13.3. The number of nitrogens with zero attached hydrogens (tertiary/aromatic N) is 1. The molecule has 1 N–H and O–H groups in total. The Labute approximate surface area is 158 Å². The van der Waals surface area contributed by atoms with Crippen molar-refractivity contribution in [1.82, 2.24) is 5.32 Å². The fraction of sp³-hybridized carbons (Fsp3) is 0.263. The molecule has 2 aromatic carbocycles. The number of halogens is 4. The van der Waals surface area contributed by atoms with Crippen LogP contribution in [0.4, 0.5) is 18.9 Å². The monoisotopic (exact) mass is 396 g/mol. The van der Waals surface area contributed by atoms with Gasteiger partial charge in [-0.15, -0.1) is 0 Å². The summed E-state index contributed by atoms with van der Waals surface area (Å²) in [7, 11) is 0. The molecule has 1 saturated heterocycles. The van der Waals surface area contributed by atoms with Crippen LogP contribution >= 0.6 is 11.6 Å². The Balaban J connectivity index is 1.73. The smallest absolute Gasteiger partial charge is 0.352 e. The van der Waals surface area contributed by atoms with Gasteiger partial charge in [-0.25, -0.2) is 0 Å². The summed E-state index contributed by atoms with van der Waals surface area (Å²) in [6.45, 7) is 0.184. The highest BCUT2D eigenvalue weighted by molar-refractivity contribution is 6.30. The Bertz CT molecular complexity index is 856. The van der Waals surface area contributed by atoms with Crippen LogP contribution in [0.15, 0.2) is 48.5 Å². The normalized spacial score (nSPS) is 17.3. The van der Waals surface area contributed by atoms with Gasteiger partial charge in [-0.05, 0) is 23.8 Å². The second-order valence-electron chi connectivity index (χ2n) is 6.27. The van der Waals surface area contributed by atoms with Gasteiger partial charge < -0.3 is 10.2 Å². The van der Waals surface area contributed by atoms with E-state index in [1.165, 1.54) is 6.07 Å². The van der Waals surface area contributed by atoms with E-state index in [4.69, 9.17) is 11.6 Å². The lowest BCUT2D eigenvalue weighted by molar-refractivity contribution is -0.137. The highest BCUT2D eigenvalue weighted by Gasteiger charge is 2.41. The number of hydrogen-bond donors (Lipinski definition) is 1. The van der Waals surface area contributed by atoms with Crippen molar-refractivity contribution in [2.75, 3.05) is 11.4 Å². The van der Waals surface area contributed by atoms with Crippen LogP contribution in [0.25, 0.3) is 0 Å². The number of rotatable bonds is 4. The van der Waals surface area contributed by atoms with Crippen LogP contribution in [-0.2, 0) is 22.3 Å². The van der Waals surface area contributed by atoms with Gasteiger partial charge in [-0.3, -0.25) is 9.59 Å². The van der Waals surface area contributed by atoms with Gasteiger partial charge in [-0.1, -0.05) is 41.9 Å². The third kappa shape index (κ3) is 4.42. The van der Waals surface area contributed by atoms with Crippen LogP contribution < -0.4 is 10.2 Å². The zero-order valence-electron chi connectivity index (χ0n) is 14.1. The molecule has 4 nitrogen and oxygen atoms in total. The van der Waals surface area contributed by atoms with E-state index < -0.39 is 23.6 Å². The summed E-state index contributed by atoms with van der Waals surface area (Å²) < 4.78 is 39.9. The van der Waals surface area contributed by atoms with E-state index in [0.29, 0.717) is 6.54 Å². The molecule has 1 aliphatic rings. The number of hydrogen-bond acceptors (Lipinski definition) is 2. The highest BCUT2D eigenvalue weighted by atomic mass is 35.5. The molecule has 0 bridgehead atoms. The first kappa shape index (κ1) is 19.2. The lowest BCUT2D eigenvalue weighted by atomic mass is 10.1. The van der Waals surface area contributed by atoms with Crippen molar-refractivity contribution in [3.63, 3.8) is 0 Å². The van der Waals surface area contributed by atoms with E-state index in [9.17, 15) is 22.8 Å². The van der Waals surface area contributed by atoms with Crippen molar-refractivity contribution >= 4 is 29.1 Å². The number of nitrogens with one attached hydrogen (secondary N) is 1. The van der Waals surface area contributed by atoms with Gasteiger partial charge in [0.05, 0.1) is 17.2 Å². The largest absolute Gasteiger partial charge is 0.418 e. The van der Waals surface area contributed by atoms with E-state index >= 15 is 0 Å². The minimum absolute atomic E-state index is 0.0742. The second kappa shape index (κ2) is 7.60. The van der Waals surface area contributed by atoms with Gasteiger partial charge >= 0.3 is 6.18 Å².